The van der Waals surface area contributed by atoms with Crippen LogP contribution < -0.4 is 4.74 Å². The van der Waals surface area contributed by atoms with Crippen molar-refractivity contribution in [2.24, 2.45) is 0 Å². The lowest BCUT2D eigenvalue weighted by atomic mass is 10.1. The Kier molecular flexibility index (Phi) is 3.77. The molecule has 0 atom stereocenters. The molecular weight excluding hydrogens is 280 g/mol. The lowest BCUT2D eigenvalue weighted by Gasteiger charge is -2.12. The molecule has 0 unspecified atom stereocenters. The molecular formula is C12H8Cl3NO. The molecule has 5 heteroatoms. The van der Waals surface area contributed by atoms with Crippen LogP contribution in [0, 0.1) is 0 Å². The van der Waals surface area contributed by atoms with Gasteiger partial charge >= 0.3 is 0 Å². The number of nitrogens with zero attached hydrogens (tertiary/aromatic N) is 1. The van der Waals surface area contributed by atoms with Crippen LogP contribution in [0.25, 0.3) is 11.1 Å². The van der Waals surface area contributed by atoms with Crippen LogP contribution in [0.3, 0.4) is 0 Å². The van der Waals surface area contributed by atoms with Gasteiger partial charge in [-0.05, 0) is 12.1 Å². The van der Waals surface area contributed by atoms with Gasteiger partial charge in [0.05, 0.1) is 17.2 Å². The van der Waals surface area contributed by atoms with Crippen LogP contribution in [0.15, 0.2) is 30.6 Å². The Labute approximate surface area is 114 Å². The summed E-state index contributed by atoms with van der Waals surface area (Å²) in [5.74, 6) is 0.511. The molecule has 1 aromatic heterocycles. The van der Waals surface area contributed by atoms with E-state index in [0.29, 0.717) is 31.9 Å². The minimum absolute atomic E-state index is 0.418. The molecule has 0 aliphatic rings. The fraction of sp³-hybridized carbons (Fsp3) is 0.0833. The smallest absolute Gasteiger partial charge is 0.148 e. The van der Waals surface area contributed by atoms with Crippen LogP contribution in [0.5, 0.6) is 5.75 Å². The van der Waals surface area contributed by atoms with Crippen LogP contribution >= 0.6 is 34.8 Å². The zero-order chi connectivity index (χ0) is 12.4. The molecule has 1 heterocycles. The highest BCUT2D eigenvalue weighted by Gasteiger charge is 2.15. The number of rotatable bonds is 2. The predicted octanol–water partition coefficient (Wildman–Crippen LogP) is 4.72. The van der Waals surface area contributed by atoms with Crippen molar-refractivity contribution in [3.05, 3.63) is 45.7 Å². The first-order valence-electron chi connectivity index (χ1n) is 4.77. The number of halogens is 3. The number of hydrogen-bond donors (Lipinski definition) is 0. The molecule has 0 bridgehead atoms. The van der Waals surface area contributed by atoms with Crippen molar-refractivity contribution in [3.8, 4) is 16.9 Å². The van der Waals surface area contributed by atoms with Crippen LogP contribution in [-0.4, -0.2) is 12.1 Å². The van der Waals surface area contributed by atoms with Crippen LogP contribution in [-0.2, 0) is 0 Å². The first kappa shape index (κ1) is 12.5. The van der Waals surface area contributed by atoms with Crippen molar-refractivity contribution in [1.82, 2.24) is 4.98 Å². The maximum Gasteiger partial charge on any atom is 0.148 e. The van der Waals surface area contributed by atoms with Gasteiger partial charge < -0.3 is 4.74 Å². The summed E-state index contributed by atoms with van der Waals surface area (Å²) in [5.41, 5.74) is 1.35. The summed E-state index contributed by atoms with van der Waals surface area (Å²) in [4.78, 5) is 4.02. The van der Waals surface area contributed by atoms with Crippen LogP contribution in [0.4, 0.5) is 0 Å². The summed E-state index contributed by atoms with van der Waals surface area (Å²) in [6.07, 6.45) is 3.13. The van der Waals surface area contributed by atoms with Crippen molar-refractivity contribution in [1.29, 1.82) is 0 Å². The topological polar surface area (TPSA) is 22.1 Å². The highest BCUT2D eigenvalue weighted by Crippen LogP contribution is 2.41. The Hall–Kier alpha value is -0.960. The molecule has 2 aromatic rings. The van der Waals surface area contributed by atoms with E-state index in [1.807, 2.05) is 0 Å². The SMILES string of the molecule is COc1c(Cl)cncc1-c1c(Cl)cccc1Cl. The van der Waals surface area contributed by atoms with Gasteiger partial charge in [0.25, 0.3) is 0 Å². The second kappa shape index (κ2) is 5.13. The molecule has 2 rings (SSSR count). The molecule has 1 aromatic carbocycles. The molecule has 2 nitrogen and oxygen atoms in total. The third kappa shape index (κ3) is 2.34. The van der Waals surface area contributed by atoms with Crippen LogP contribution in [0.1, 0.15) is 0 Å². The normalized spacial score (nSPS) is 10.4. The maximum absolute atomic E-state index is 6.13. The van der Waals surface area contributed by atoms with Gasteiger partial charge in [-0.2, -0.15) is 0 Å². The Morgan fingerprint density at radius 1 is 1.00 bits per heavy atom. The lowest BCUT2D eigenvalue weighted by molar-refractivity contribution is 0.416. The molecule has 0 aliphatic carbocycles. The van der Waals surface area contributed by atoms with Crippen molar-refractivity contribution in [2.75, 3.05) is 7.11 Å². The van der Waals surface area contributed by atoms with E-state index in [1.54, 1.807) is 24.4 Å². The summed E-state index contributed by atoms with van der Waals surface area (Å²) in [5, 5.41) is 1.47. The minimum Gasteiger partial charge on any atom is -0.494 e. The van der Waals surface area contributed by atoms with Gasteiger partial charge in [0.15, 0.2) is 0 Å². The zero-order valence-electron chi connectivity index (χ0n) is 8.88. The average molecular weight is 289 g/mol. The predicted molar refractivity (Wildman–Crippen MR) is 71.3 cm³/mol. The quantitative estimate of drug-likeness (QED) is 0.798. The molecule has 0 amide bonds. The third-order valence-electron chi connectivity index (χ3n) is 2.29. The fourth-order valence-electron chi connectivity index (χ4n) is 1.56. The Morgan fingerprint density at radius 2 is 1.65 bits per heavy atom. The summed E-state index contributed by atoms with van der Waals surface area (Å²) < 4.78 is 5.25. The molecule has 88 valence electrons. The van der Waals surface area contributed by atoms with Gasteiger partial charge in [-0.15, -0.1) is 0 Å². The second-order valence-corrected chi connectivity index (χ2v) is 4.52. The number of methoxy groups -OCH3 is 1. The molecule has 0 radical (unpaired) electrons. The van der Waals surface area contributed by atoms with Gasteiger partial charge in [-0.25, -0.2) is 0 Å². The van der Waals surface area contributed by atoms with E-state index in [-0.39, 0.29) is 0 Å². The van der Waals surface area contributed by atoms with E-state index < -0.39 is 0 Å². The first-order valence-corrected chi connectivity index (χ1v) is 5.90. The highest BCUT2D eigenvalue weighted by molar-refractivity contribution is 6.39. The third-order valence-corrected chi connectivity index (χ3v) is 3.19. The van der Waals surface area contributed by atoms with E-state index in [4.69, 9.17) is 39.5 Å². The molecule has 17 heavy (non-hydrogen) atoms. The Bertz CT molecular complexity index is 537. The number of ether oxygens (including phenoxy) is 1. The van der Waals surface area contributed by atoms with Gasteiger partial charge in [0, 0.05) is 23.5 Å². The summed E-state index contributed by atoms with van der Waals surface area (Å²) in [6.45, 7) is 0. The standard InChI is InChI=1S/C12H8Cl3NO/c1-17-12-7(5-16-6-10(12)15)11-8(13)3-2-4-9(11)14/h2-6H,1H3. The average Bonchev–Trinajstić information content (AvgIpc) is 2.29. The van der Waals surface area contributed by atoms with Crippen molar-refractivity contribution >= 4 is 34.8 Å². The largest absolute Gasteiger partial charge is 0.494 e. The number of hydrogen-bond acceptors (Lipinski definition) is 2. The van der Waals surface area contributed by atoms with Gasteiger partial charge in [0.2, 0.25) is 0 Å². The second-order valence-electron chi connectivity index (χ2n) is 3.30. The first-order chi connectivity index (χ1) is 8.15. The van der Waals surface area contributed by atoms with E-state index in [9.17, 15) is 0 Å². The molecule has 0 saturated heterocycles. The van der Waals surface area contributed by atoms with Crippen molar-refractivity contribution in [2.45, 2.75) is 0 Å². The Balaban J connectivity index is 2.73. The zero-order valence-corrected chi connectivity index (χ0v) is 11.1. The lowest BCUT2D eigenvalue weighted by Crippen LogP contribution is -1.92. The highest BCUT2D eigenvalue weighted by atomic mass is 35.5. The van der Waals surface area contributed by atoms with E-state index in [1.165, 1.54) is 13.3 Å². The summed E-state index contributed by atoms with van der Waals surface area (Å²) >= 11 is 18.3. The maximum atomic E-state index is 6.13. The molecule has 0 spiro atoms. The van der Waals surface area contributed by atoms with Gasteiger partial charge in [-0.3, -0.25) is 4.98 Å². The monoisotopic (exact) mass is 287 g/mol. The Morgan fingerprint density at radius 3 is 2.24 bits per heavy atom. The molecule has 0 aliphatic heterocycles. The van der Waals surface area contributed by atoms with E-state index in [0.717, 1.165) is 0 Å². The minimum atomic E-state index is 0.418. The van der Waals surface area contributed by atoms with Gasteiger partial charge in [-0.1, -0.05) is 40.9 Å². The van der Waals surface area contributed by atoms with E-state index >= 15 is 0 Å². The summed E-state index contributed by atoms with van der Waals surface area (Å²) in [6, 6.07) is 5.28. The van der Waals surface area contributed by atoms with Crippen molar-refractivity contribution < 1.29 is 4.74 Å². The van der Waals surface area contributed by atoms with E-state index in [2.05, 4.69) is 4.98 Å². The molecule has 0 N–H and O–H groups in total. The number of pyridine rings is 1. The van der Waals surface area contributed by atoms with Gasteiger partial charge in [0.1, 0.15) is 10.8 Å². The number of benzene rings is 1. The van der Waals surface area contributed by atoms with Crippen LogP contribution in [0.2, 0.25) is 15.1 Å². The van der Waals surface area contributed by atoms with Crippen molar-refractivity contribution in [3.63, 3.8) is 0 Å². The fourth-order valence-corrected chi connectivity index (χ4v) is 2.40. The summed E-state index contributed by atoms with van der Waals surface area (Å²) in [7, 11) is 1.54. The molecule has 0 fully saturated rings. The molecule has 0 saturated carbocycles. The number of aromatic nitrogens is 1.